The SMILES string of the molecule is O=C(NC1CCC(n2nc3c(cc2=O)COCC3)CC1)C1CCCC1. The number of aromatic nitrogens is 2. The van der Waals surface area contributed by atoms with Crippen LogP contribution in [0.1, 0.15) is 68.7 Å². The Morgan fingerprint density at radius 1 is 1.16 bits per heavy atom. The van der Waals surface area contributed by atoms with Crippen LogP contribution >= 0.6 is 0 Å². The van der Waals surface area contributed by atoms with E-state index in [1.165, 1.54) is 12.8 Å². The van der Waals surface area contributed by atoms with Gasteiger partial charge in [0.25, 0.3) is 5.56 Å². The second-order valence-corrected chi connectivity index (χ2v) is 7.70. The Bertz CT molecular complexity index is 686. The van der Waals surface area contributed by atoms with Gasteiger partial charge in [0.2, 0.25) is 5.91 Å². The first kappa shape index (κ1) is 16.8. The van der Waals surface area contributed by atoms with Crippen LogP contribution < -0.4 is 10.9 Å². The lowest BCUT2D eigenvalue weighted by molar-refractivity contribution is -0.125. The van der Waals surface area contributed by atoms with E-state index in [4.69, 9.17) is 4.74 Å². The molecule has 0 saturated heterocycles. The molecule has 0 spiro atoms. The van der Waals surface area contributed by atoms with Gasteiger partial charge in [0.15, 0.2) is 0 Å². The molecule has 1 aromatic rings. The first-order valence-electron chi connectivity index (χ1n) is 9.70. The van der Waals surface area contributed by atoms with E-state index in [-0.39, 0.29) is 29.5 Å². The Morgan fingerprint density at radius 3 is 2.68 bits per heavy atom. The molecular formula is C19H27N3O3. The van der Waals surface area contributed by atoms with E-state index in [0.29, 0.717) is 13.2 Å². The first-order valence-corrected chi connectivity index (χ1v) is 9.70. The van der Waals surface area contributed by atoms with Crippen LogP contribution in [0.15, 0.2) is 10.9 Å². The maximum absolute atomic E-state index is 12.4. The largest absolute Gasteiger partial charge is 0.376 e. The summed E-state index contributed by atoms with van der Waals surface area (Å²) in [5.41, 5.74) is 1.91. The minimum atomic E-state index is -0.0253. The molecule has 6 heteroatoms. The number of nitrogens with zero attached hydrogens (tertiary/aromatic N) is 2. The van der Waals surface area contributed by atoms with Crippen LogP contribution in [0.5, 0.6) is 0 Å². The summed E-state index contributed by atoms with van der Waals surface area (Å²) in [6, 6.07) is 2.10. The van der Waals surface area contributed by atoms with E-state index in [1.54, 1.807) is 10.7 Å². The fourth-order valence-electron chi connectivity index (χ4n) is 4.46. The lowest BCUT2D eigenvalue weighted by Gasteiger charge is -2.30. The van der Waals surface area contributed by atoms with Crippen molar-refractivity contribution in [2.75, 3.05) is 6.61 Å². The van der Waals surface area contributed by atoms with E-state index < -0.39 is 0 Å². The molecule has 1 amide bonds. The summed E-state index contributed by atoms with van der Waals surface area (Å²) in [4.78, 5) is 24.7. The second kappa shape index (κ2) is 7.28. The van der Waals surface area contributed by atoms with Crippen molar-refractivity contribution in [3.8, 4) is 0 Å². The fourth-order valence-corrected chi connectivity index (χ4v) is 4.46. The van der Waals surface area contributed by atoms with E-state index >= 15 is 0 Å². The molecule has 3 aliphatic rings. The van der Waals surface area contributed by atoms with Gasteiger partial charge >= 0.3 is 0 Å². The average Bonchev–Trinajstić information content (AvgIpc) is 3.17. The molecule has 0 aromatic carbocycles. The van der Waals surface area contributed by atoms with Gasteiger partial charge in [0, 0.05) is 30.0 Å². The molecule has 1 N–H and O–H groups in total. The third-order valence-electron chi connectivity index (χ3n) is 5.98. The number of hydrogen-bond acceptors (Lipinski definition) is 4. The average molecular weight is 345 g/mol. The van der Waals surface area contributed by atoms with Gasteiger partial charge in [-0.3, -0.25) is 9.59 Å². The zero-order chi connectivity index (χ0) is 17.2. The molecular weight excluding hydrogens is 318 g/mol. The van der Waals surface area contributed by atoms with E-state index in [1.807, 2.05) is 0 Å². The van der Waals surface area contributed by atoms with Crippen molar-refractivity contribution in [2.45, 2.75) is 76.5 Å². The minimum absolute atomic E-state index is 0.0253. The summed E-state index contributed by atoms with van der Waals surface area (Å²) < 4.78 is 7.08. The molecule has 2 saturated carbocycles. The van der Waals surface area contributed by atoms with Crippen LogP contribution in [0.4, 0.5) is 0 Å². The van der Waals surface area contributed by atoms with Gasteiger partial charge in [-0.1, -0.05) is 12.8 Å². The van der Waals surface area contributed by atoms with Gasteiger partial charge < -0.3 is 10.1 Å². The molecule has 136 valence electrons. The molecule has 25 heavy (non-hydrogen) atoms. The Labute approximate surface area is 147 Å². The lowest BCUT2D eigenvalue weighted by Crippen LogP contribution is -2.42. The van der Waals surface area contributed by atoms with Crippen molar-refractivity contribution < 1.29 is 9.53 Å². The lowest BCUT2D eigenvalue weighted by atomic mass is 9.90. The van der Waals surface area contributed by atoms with Crippen molar-refractivity contribution in [1.82, 2.24) is 15.1 Å². The molecule has 2 fully saturated rings. The number of carbonyl (C=O) groups is 1. The Morgan fingerprint density at radius 2 is 1.92 bits per heavy atom. The number of amides is 1. The number of fused-ring (bicyclic) bond motifs is 1. The minimum Gasteiger partial charge on any atom is -0.376 e. The Balaban J connectivity index is 1.37. The monoisotopic (exact) mass is 345 g/mol. The second-order valence-electron chi connectivity index (χ2n) is 7.70. The van der Waals surface area contributed by atoms with Gasteiger partial charge in [-0.05, 0) is 38.5 Å². The van der Waals surface area contributed by atoms with Crippen LogP contribution in [0, 0.1) is 5.92 Å². The molecule has 1 aromatic heterocycles. The van der Waals surface area contributed by atoms with Crippen molar-refractivity contribution in [1.29, 1.82) is 0 Å². The Kier molecular flexibility index (Phi) is 4.88. The highest BCUT2D eigenvalue weighted by atomic mass is 16.5. The molecule has 4 rings (SSSR count). The maximum atomic E-state index is 12.4. The van der Waals surface area contributed by atoms with Crippen LogP contribution in [0.2, 0.25) is 0 Å². The van der Waals surface area contributed by atoms with Crippen LogP contribution in [0.25, 0.3) is 0 Å². The van der Waals surface area contributed by atoms with Crippen LogP contribution in [-0.2, 0) is 22.6 Å². The predicted molar refractivity (Wildman–Crippen MR) is 93.3 cm³/mol. The molecule has 0 bridgehead atoms. The highest BCUT2D eigenvalue weighted by molar-refractivity contribution is 5.79. The number of hydrogen-bond donors (Lipinski definition) is 1. The van der Waals surface area contributed by atoms with Crippen molar-refractivity contribution >= 4 is 5.91 Å². The summed E-state index contributed by atoms with van der Waals surface area (Å²) >= 11 is 0. The van der Waals surface area contributed by atoms with Crippen molar-refractivity contribution in [3.05, 3.63) is 27.7 Å². The van der Waals surface area contributed by atoms with E-state index in [2.05, 4.69) is 10.4 Å². The standard InChI is InChI=1S/C19H27N3O3/c23-18-11-14-12-25-10-9-17(14)21-22(18)16-7-5-15(6-8-16)20-19(24)13-3-1-2-4-13/h11,13,15-16H,1-10,12H2,(H,20,24). The molecule has 6 nitrogen and oxygen atoms in total. The third-order valence-corrected chi connectivity index (χ3v) is 5.98. The van der Waals surface area contributed by atoms with E-state index in [9.17, 15) is 9.59 Å². The molecule has 2 heterocycles. The summed E-state index contributed by atoms with van der Waals surface area (Å²) in [7, 11) is 0. The highest BCUT2D eigenvalue weighted by Crippen LogP contribution is 2.29. The molecule has 2 aliphatic carbocycles. The summed E-state index contributed by atoms with van der Waals surface area (Å²) in [5, 5.41) is 7.86. The molecule has 0 unspecified atom stereocenters. The maximum Gasteiger partial charge on any atom is 0.267 e. The summed E-state index contributed by atoms with van der Waals surface area (Å²) in [6.45, 7) is 1.18. The van der Waals surface area contributed by atoms with Gasteiger partial charge in [-0.25, -0.2) is 4.68 Å². The third kappa shape index (κ3) is 3.64. The molecule has 0 radical (unpaired) electrons. The number of ether oxygens (including phenoxy) is 1. The molecule has 0 atom stereocenters. The van der Waals surface area contributed by atoms with E-state index in [0.717, 1.165) is 56.2 Å². The zero-order valence-electron chi connectivity index (χ0n) is 14.7. The number of nitrogens with one attached hydrogen (secondary N) is 1. The summed E-state index contributed by atoms with van der Waals surface area (Å²) in [6.07, 6.45) is 8.89. The quantitative estimate of drug-likeness (QED) is 0.910. The predicted octanol–water partition coefficient (Wildman–Crippen LogP) is 2.11. The number of carbonyl (C=O) groups excluding carboxylic acids is 1. The van der Waals surface area contributed by atoms with Crippen LogP contribution in [-0.4, -0.2) is 28.3 Å². The van der Waals surface area contributed by atoms with Crippen molar-refractivity contribution in [3.63, 3.8) is 0 Å². The first-order chi connectivity index (χ1) is 12.2. The smallest absolute Gasteiger partial charge is 0.267 e. The van der Waals surface area contributed by atoms with Gasteiger partial charge in [0.05, 0.1) is 24.9 Å². The van der Waals surface area contributed by atoms with Gasteiger partial charge in [-0.2, -0.15) is 5.10 Å². The van der Waals surface area contributed by atoms with Crippen molar-refractivity contribution in [2.24, 2.45) is 5.92 Å². The number of rotatable bonds is 3. The summed E-state index contributed by atoms with van der Waals surface area (Å²) in [5.74, 6) is 0.467. The highest BCUT2D eigenvalue weighted by Gasteiger charge is 2.29. The topological polar surface area (TPSA) is 73.2 Å². The zero-order valence-corrected chi connectivity index (χ0v) is 14.7. The fraction of sp³-hybridized carbons (Fsp3) is 0.737. The Hall–Kier alpha value is -1.69. The van der Waals surface area contributed by atoms with Gasteiger partial charge in [-0.15, -0.1) is 0 Å². The molecule has 1 aliphatic heterocycles. The van der Waals surface area contributed by atoms with Crippen LogP contribution in [0.3, 0.4) is 0 Å². The normalized spacial score (nSPS) is 27.0. The van der Waals surface area contributed by atoms with Gasteiger partial charge in [0.1, 0.15) is 0 Å².